The van der Waals surface area contributed by atoms with E-state index in [1.54, 1.807) is 48.8 Å². The maximum atomic E-state index is 13.4. The van der Waals surface area contributed by atoms with Crippen LogP contribution in [0.25, 0.3) is 28.1 Å². The van der Waals surface area contributed by atoms with Crippen molar-refractivity contribution < 1.29 is 18.4 Å². The van der Waals surface area contributed by atoms with E-state index in [1.165, 1.54) is 36.1 Å². The largest absolute Gasteiger partial charge is 0.465 e. The summed E-state index contributed by atoms with van der Waals surface area (Å²) in [5.74, 6) is -0.867. The summed E-state index contributed by atoms with van der Waals surface area (Å²) < 4.78 is 25.0. The molecule has 0 fully saturated rings. The number of methoxy groups -OCH3 is 1. The van der Waals surface area contributed by atoms with Crippen LogP contribution in [0.3, 0.4) is 0 Å². The highest BCUT2D eigenvalue weighted by Crippen LogP contribution is 2.32. The molecule has 0 amide bonds. The minimum absolute atomic E-state index is 0.299. The van der Waals surface area contributed by atoms with Crippen molar-refractivity contribution in [3.8, 4) is 28.1 Å². The predicted molar refractivity (Wildman–Crippen MR) is 104 cm³/mol. The molecule has 0 bridgehead atoms. The number of pyridine rings is 1. The number of aromatic nitrogens is 2. The molecular formula is C22H15FN2O4. The summed E-state index contributed by atoms with van der Waals surface area (Å²) in [6, 6.07) is 15.6. The number of hydrogen-bond donors (Lipinski definition) is 0. The molecule has 0 radical (unpaired) electrons. The third kappa shape index (κ3) is 3.45. The van der Waals surface area contributed by atoms with E-state index < -0.39 is 17.4 Å². The van der Waals surface area contributed by atoms with E-state index in [1.807, 2.05) is 0 Å². The lowest BCUT2D eigenvalue weighted by molar-refractivity contribution is 0.0600. The summed E-state index contributed by atoms with van der Waals surface area (Å²) in [7, 11) is 1.30. The number of carbonyl (C=O) groups excluding carboxylic acids is 1. The first kappa shape index (κ1) is 18.4. The molecule has 0 aliphatic rings. The van der Waals surface area contributed by atoms with Crippen molar-refractivity contribution in [2.45, 2.75) is 0 Å². The van der Waals surface area contributed by atoms with Crippen LogP contribution in [0.15, 0.2) is 82.4 Å². The van der Waals surface area contributed by atoms with Gasteiger partial charge in [-0.1, -0.05) is 12.1 Å². The van der Waals surface area contributed by atoms with Crippen molar-refractivity contribution >= 4 is 5.97 Å². The first-order valence-corrected chi connectivity index (χ1v) is 8.70. The summed E-state index contributed by atoms with van der Waals surface area (Å²) in [6.07, 6.45) is 3.21. The van der Waals surface area contributed by atoms with Crippen LogP contribution < -0.4 is 5.63 Å². The minimum Gasteiger partial charge on any atom is -0.465 e. The summed E-state index contributed by atoms with van der Waals surface area (Å²) in [4.78, 5) is 28.4. The molecule has 2 aromatic carbocycles. The van der Waals surface area contributed by atoms with Crippen molar-refractivity contribution in [1.82, 2.24) is 9.72 Å². The molecule has 144 valence electrons. The number of halogens is 1. The van der Waals surface area contributed by atoms with E-state index in [9.17, 15) is 14.0 Å². The van der Waals surface area contributed by atoms with Crippen molar-refractivity contribution in [1.29, 1.82) is 0 Å². The average Bonchev–Trinajstić information content (AvgIpc) is 3.11. The lowest BCUT2D eigenvalue weighted by Crippen LogP contribution is -2.02. The molecule has 2 aromatic heterocycles. The minimum atomic E-state index is -0.569. The van der Waals surface area contributed by atoms with E-state index in [2.05, 4.69) is 4.98 Å². The van der Waals surface area contributed by atoms with Crippen molar-refractivity contribution in [3.05, 3.63) is 94.9 Å². The molecule has 7 heteroatoms. The number of rotatable bonds is 4. The molecule has 0 spiro atoms. The van der Waals surface area contributed by atoms with Crippen LogP contribution in [0, 0.1) is 5.82 Å². The summed E-state index contributed by atoms with van der Waals surface area (Å²) in [5, 5.41) is 0. The summed E-state index contributed by atoms with van der Waals surface area (Å²) >= 11 is 0. The molecule has 0 saturated carbocycles. The van der Waals surface area contributed by atoms with Crippen LogP contribution in [-0.2, 0) is 4.74 Å². The molecule has 29 heavy (non-hydrogen) atoms. The third-order valence-corrected chi connectivity index (χ3v) is 4.43. The first-order chi connectivity index (χ1) is 14.1. The molecule has 4 aromatic rings. The van der Waals surface area contributed by atoms with Gasteiger partial charge in [0.2, 0.25) is 0 Å². The molecule has 6 nitrogen and oxygen atoms in total. The Hall–Kier alpha value is -4.00. The second kappa shape index (κ2) is 7.55. The van der Waals surface area contributed by atoms with Gasteiger partial charge in [-0.05, 0) is 54.1 Å². The maximum absolute atomic E-state index is 13.4. The van der Waals surface area contributed by atoms with Gasteiger partial charge in [-0.3, -0.25) is 4.98 Å². The monoisotopic (exact) mass is 390 g/mol. The van der Waals surface area contributed by atoms with Crippen LogP contribution >= 0.6 is 0 Å². The Bertz CT molecular complexity index is 1210. The lowest BCUT2D eigenvalue weighted by atomic mass is 10.0. The van der Waals surface area contributed by atoms with Gasteiger partial charge in [0.05, 0.1) is 23.9 Å². The van der Waals surface area contributed by atoms with Crippen molar-refractivity contribution in [2.75, 3.05) is 7.11 Å². The van der Waals surface area contributed by atoms with Crippen LogP contribution in [0.1, 0.15) is 10.4 Å². The zero-order valence-electron chi connectivity index (χ0n) is 15.3. The van der Waals surface area contributed by atoms with Gasteiger partial charge in [0, 0.05) is 18.0 Å². The average molecular weight is 390 g/mol. The Morgan fingerprint density at radius 1 is 0.966 bits per heavy atom. The Labute approximate surface area is 164 Å². The zero-order valence-corrected chi connectivity index (χ0v) is 15.3. The molecule has 4 rings (SSSR count). The van der Waals surface area contributed by atoms with Crippen LogP contribution in [0.2, 0.25) is 0 Å². The van der Waals surface area contributed by atoms with Crippen molar-refractivity contribution in [3.63, 3.8) is 0 Å². The molecule has 0 N–H and O–H groups in total. The second-order valence-electron chi connectivity index (χ2n) is 6.18. The predicted octanol–water partition coefficient (Wildman–Crippen LogP) is 4.09. The highest BCUT2D eigenvalue weighted by atomic mass is 19.1. The second-order valence-corrected chi connectivity index (χ2v) is 6.18. The number of esters is 1. The van der Waals surface area contributed by atoms with E-state index in [0.29, 0.717) is 33.6 Å². The Balaban J connectivity index is 1.93. The van der Waals surface area contributed by atoms with E-state index in [4.69, 9.17) is 9.26 Å². The molecule has 0 aliphatic carbocycles. The summed E-state index contributed by atoms with van der Waals surface area (Å²) in [6.45, 7) is 0. The quantitative estimate of drug-likeness (QED) is 0.491. The van der Waals surface area contributed by atoms with Crippen molar-refractivity contribution in [2.24, 2.45) is 0 Å². The Morgan fingerprint density at radius 2 is 1.62 bits per heavy atom. The Kier molecular flexibility index (Phi) is 4.78. The van der Waals surface area contributed by atoms with Crippen LogP contribution in [-0.4, -0.2) is 22.8 Å². The normalized spacial score (nSPS) is 10.7. The fourth-order valence-corrected chi connectivity index (χ4v) is 3.05. The zero-order chi connectivity index (χ0) is 20.4. The van der Waals surface area contributed by atoms with E-state index in [0.717, 1.165) is 0 Å². The number of ether oxygens (including phenoxy) is 1. The van der Waals surface area contributed by atoms with Gasteiger partial charge in [-0.15, -0.1) is 0 Å². The molecule has 0 atom stereocenters. The number of hydrogen-bond acceptors (Lipinski definition) is 5. The molecule has 0 aliphatic heterocycles. The topological polar surface area (TPSA) is 74.3 Å². The lowest BCUT2D eigenvalue weighted by Gasteiger charge is -2.09. The fourth-order valence-electron chi connectivity index (χ4n) is 3.05. The number of benzene rings is 2. The van der Waals surface area contributed by atoms with Gasteiger partial charge in [0.1, 0.15) is 11.5 Å². The standard InChI is InChI=1S/C22H15FN2O4/c1-28-21(26)16-4-8-18(9-5-16)25-20(15-10-12-24-13-11-15)19(22(27)29-25)14-2-6-17(23)7-3-14/h2-13H,1H3. The highest BCUT2D eigenvalue weighted by molar-refractivity contribution is 5.89. The fraction of sp³-hybridized carbons (Fsp3) is 0.0455. The smallest absolute Gasteiger partial charge is 0.366 e. The van der Waals surface area contributed by atoms with Gasteiger partial charge in [0.25, 0.3) is 0 Å². The Morgan fingerprint density at radius 3 is 2.24 bits per heavy atom. The van der Waals surface area contributed by atoms with E-state index >= 15 is 0 Å². The van der Waals surface area contributed by atoms with Gasteiger partial charge in [-0.2, -0.15) is 4.74 Å². The maximum Gasteiger partial charge on any atom is 0.366 e. The number of nitrogens with zero attached hydrogens (tertiary/aromatic N) is 2. The number of carbonyl (C=O) groups is 1. The molecule has 0 unspecified atom stereocenters. The highest BCUT2D eigenvalue weighted by Gasteiger charge is 2.22. The SMILES string of the molecule is COC(=O)c1ccc(-n2oc(=O)c(-c3ccc(F)cc3)c2-c2ccncc2)cc1. The molecular weight excluding hydrogens is 375 g/mol. The van der Waals surface area contributed by atoms with Crippen LogP contribution in [0.5, 0.6) is 0 Å². The molecule has 2 heterocycles. The van der Waals surface area contributed by atoms with Gasteiger partial charge in [-0.25, -0.2) is 14.0 Å². The van der Waals surface area contributed by atoms with E-state index in [-0.39, 0.29) is 0 Å². The summed E-state index contributed by atoms with van der Waals surface area (Å²) in [5.41, 5.74) is 2.35. The van der Waals surface area contributed by atoms with Gasteiger partial charge < -0.3 is 9.26 Å². The molecule has 0 saturated heterocycles. The third-order valence-electron chi connectivity index (χ3n) is 4.43. The first-order valence-electron chi connectivity index (χ1n) is 8.70. The van der Waals surface area contributed by atoms with Gasteiger partial charge in [0.15, 0.2) is 0 Å². The van der Waals surface area contributed by atoms with Crippen LogP contribution in [0.4, 0.5) is 4.39 Å². The van der Waals surface area contributed by atoms with Gasteiger partial charge >= 0.3 is 11.6 Å².